The fourth-order valence-corrected chi connectivity index (χ4v) is 4.69. The Morgan fingerprint density at radius 2 is 2.16 bits per heavy atom. The van der Waals surface area contributed by atoms with Crippen molar-refractivity contribution < 1.29 is 4.79 Å². The minimum absolute atomic E-state index is 0.0462. The highest BCUT2D eigenvalue weighted by atomic mass is 32.2. The highest BCUT2D eigenvalue weighted by Crippen LogP contribution is 2.34. The van der Waals surface area contributed by atoms with Crippen molar-refractivity contribution in [3.8, 4) is 0 Å². The molecule has 0 bridgehead atoms. The van der Waals surface area contributed by atoms with Gasteiger partial charge in [0.15, 0.2) is 0 Å². The summed E-state index contributed by atoms with van der Waals surface area (Å²) < 4.78 is 0. The number of hydrogen-bond acceptors (Lipinski definition) is 5. The molecule has 1 amide bonds. The van der Waals surface area contributed by atoms with Crippen LogP contribution in [0.15, 0.2) is 41.8 Å². The number of carbonyl (C=O) groups excluding carboxylic acids is 1. The number of nitrogens with zero attached hydrogens (tertiary/aromatic N) is 2. The predicted octanol–water partition coefficient (Wildman–Crippen LogP) is 4.52. The van der Waals surface area contributed by atoms with Crippen LogP contribution < -0.4 is 5.32 Å². The maximum Gasteiger partial charge on any atom is 0.234 e. The first-order valence-electron chi connectivity index (χ1n) is 7.83. The van der Waals surface area contributed by atoms with E-state index in [9.17, 15) is 4.79 Å². The molecule has 4 aromatic rings. The number of thioether (sulfide) groups is 1. The number of hydrogen-bond donors (Lipinski definition) is 2. The van der Waals surface area contributed by atoms with Gasteiger partial charge in [-0.25, -0.2) is 9.97 Å². The van der Waals surface area contributed by atoms with E-state index in [1.54, 1.807) is 17.7 Å². The van der Waals surface area contributed by atoms with Gasteiger partial charge in [-0.15, -0.1) is 11.3 Å². The summed E-state index contributed by atoms with van der Waals surface area (Å²) in [5.41, 5.74) is 3.02. The van der Waals surface area contributed by atoms with Crippen molar-refractivity contribution >= 4 is 55.8 Å². The Morgan fingerprint density at radius 1 is 1.28 bits per heavy atom. The zero-order valence-corrected chi connectivity index (χ0v) is 15.4. The molecule has 0 radical (unpaired) electrons. The first-order chi connectivity index (χ1) is 12.1. The minimum Gasteiger partial charge on any atom is -0.361 e. The standard InChI is InChI=1S/C18H16N4OS2/c1-10-11(2)25-18-16(10)17(20-9-21-18)24-8-15(23)22-14-5-3-4-13-12(14)6-7-19-13/h3-7,9,19H,8H2,1-2H3,(H,22,23). The molecule has 0 aliphatic heterocycles. The van der Waals surface area contributed by atoms with E-state index in [0.717, 1.165) is 31.8 Å². The van der Waals surface area contributed by atoms with Crippen molar-refractivity contribution in [3.63, 3.8) is 0 Å². The van der Waals surface area contributed by atoms with Crippen LogP contribution in [-0.4, -0.2) is 26.6 Å². The zero-order chi connectivity index (χ0) is 17.4. The second kappa shape index (κ2) is 6.50. The second-order valence-electron chi connectivity index (χ2n) is 5.72. The van der Waals surface area contributed by atoms with Gasteiger partial charge in [-0.05, 0) is 37.6 Å². The molecule has 3 heterocycles. The molecule has 0 fully saturated rings. The third-order valence-corrected chi connectivity index (χ3v) is 6.24. The Kier molecular flexibility index (Phi) is 4.19. The number of carbonyl (C=O) groups is 1. The van der Waals surface area contributed by atoms with Crippen LogP contribution in [0.2, 0.25) is 0 Å². The van der Waals surface area contributed by atoms with Gasteiger partial charge in [-0.3, -0.25) is 4.79 Å². The molecule has 3 aromatic heterocycles. The largest absolute Gasteiger partial charge is 0.361 e. The number of benzene rings is 1. The molecule has 0 unspecified atom stereocenters. The number of aryl methyl sites for hydroxylation is 2. The van der Waals surface area contributed by atoms with Crippen LogP contribution in [-0.2, 0) is 4.79 Å². The molecule has 5 nitrogen and oxygen atoms in total. The molecular formula is C18H16N4OS2. The average molecular weight is 368 g/mol. The zero-order valence-electron chi connectivity index (χ0n) is 13.8. The second-order valence-corrected chi connectivity index (χ2v) is 7.89. The van der Waals surface area contributed by atoms with Gasteiger partial charge in [0.2, 0.25) is 5.91 Å². The van der Waals surface area contributed by atoms with Crippen molar-refractivity contribution in [1.82, 2.24) is 15.0 Å². The number of H-pyrrole nitrogens is 1. The van der Waals surface area contributed by atoms with Crippen LogP contribution in [0.4, 0.5) is 5.69 Å². The van der Waals surface area contributed by atoms with Gasteiger partial charge in [-0.1, -0.05) is 17.8 Å². The summed E-state index contributed by atoms with van der Waals surface area (Å²) in [6, 6.07) is 7.78. The van der Waals surface area contributed by atoms with Crippen molar-refractivity contribution in [2.45, 2.75) is 18.9 Å². The Balaban J connectivity index is 1.52. The van der Waals surface area contributed by atoms with Crippen LogP contribution in [0, 0.1) is 13.8 Å². The van der Waals surface area contributed by atoms with E-state index in [0.29, 0.717) is 5.75 Å². The smallest absolute Gasteiger partial charge is 0.234 e. The van der Waals surface area contributed by atoms with Crippen LogP contribution in [0.25, 0.3) is 21.1 Å². The first-order valence-corrected chi connectivity index (χ1v) is 9.63. The molecule has 4 rings (SSSR count). The molecule has 126 valence electrons. The maximum atomic E-state index is 12.4. The Labute approximate surface area is 152 Å². The van der Waals surface area contributed by atoms with E-state index in [-0.39, 0.29) is 5.91 Å². The number of amides is 1. The Bertz CT molecular complexity index is 1080. The molecule has 0 aliphatic carbocycles. The number of rotatable bonds is 4. The molecule has 2 N–H and O–H groups in total. The number of aromatic nitrogens is 3. The predicted molar refractivity (Wildman–Crippen MR) is 105 cm³/mol. The summed E-state index contributed by atoms with van der Waals surface area (Å²) >= 11 is 3.11. The minimum atomic E-state index is -0.0462. The highest BCUT2D eigenvalue weighted by molar-refractivity contribution is 8.00. The van der Waals surface area contributed by atoms with E-state index in [4.69, 9.17) is 0 Å². The van der Waals surface area contributed by atoms with Gasteiger partial charge in [0.25, 0.3) is 0 Å². The number of thiophene rings is 1. The highest BCUT2D eigenvalue weighted by Gasteiger charge is 2.14. The van der Waals surface area contributed by atoms with Gasteiger partial charge < -0.3 is 10.3 Å². The molecule has 0 spiro atoms. The maximum absolute atomic E-state index is 12.4. The SMILES string of the molecule is Cc1sc2ncnc(SCC(=O)Nc3cccc4[nH]ccc34)c2c1C. The van der Waals surface area contributed by atoms with Crippen LogP contribution in [0.5, 0.6) is 0 Å². The number of anilines is 1. The fourth-order valence-electron chi connectivity index (χ4n) is 2.77. The topological polar surface area (TPSA) is 70.7 Å². The normalized spacial score (nSPS) is 11.3. The van der Waals surface area contributed by atoms with Crippen molar-refractivity contribution in [3.05, 3.63) is 47.2 Å². The summed E-state index contributed by atoms with van der Waals surface area (Å²) in [6.07, 6.45) is 3.44. The van der Waals surface area contributed by atoms with E-state index in [1.165, 1.54) is 22.2 Å². The summed E-state index contributed by atoms with van der Waals surface area (Å²) in [6.45, 7) is 4.16. The average Bonchev–Trinajstić information content (AvgIpc) is 3.19. The van der Waals surface area contributed by atoms with Crippen molar-refractivity contribution in [2.75, 3.05) is 11.1 Å². The molecule has 0 aliphatic rings. The lowest BCUT2D eigenvalue weighted by Crippen LogP contribution is -2.14. The first kappa shape index (κ1) is 16.1. The quantitative estimate of drug-likeness (QED) is 0.410. The molecule has 0 saturated heterocycles. The van der Waals surface area contributed by atoms with Crippen molar-refractivity contribution in [2.24, 2.45) is 0 Å². The van der Waals surface area contributed by atoms with E-state index >= 15 is 0 Å². The molecule has 25 heavy (non-hydrogen) atoms. The Morgan fingerprint density at radius 3 is 3.04 bits per heavy atom. The molecule has 0 saturated carbocycles. The monoisotopic (exact) mass is 368 g/mol. The van der Waals surface area contributed by atoms with Crippen LogP contribution >= 0.6 is 23.1 Å². The summed E-state index contributed by atoms with van der Waals surface area (Å²) in [7, 11) is 0. The third-order valence-electron chi connectivity index (χ3n) is 4.14. The number of fused-ring (bicyclic) bond motifs is 2. The van der Waals surface area contributed by atoms with Gasteiger partial charge in [-0.2, -0.15) is 0 Å². The summed E-state index contributed by atoms with van der Waals surface area (Å²) in [4.78, 5) is 26.5. The lowest BCUT2D eigenvalue weighted by atomic mass is 10.2. The Hall–Kier alpha value is -2.38. The number of aromatic amines is 1. The summed E-state index contributed by atoms with van der Waals surface area (Å²) in [5.74, 6) is 0.261. The van der Waals surface area contributed by atoms with Gasteiger partial charge in [0.1, 0.15) is 16.2 Å². The lowest BCUT2D eigenvalue weighted by molar-refractivity contribution is -0.113. The molecule has 7 heteroatoms. The molecule has 0 atom stereocenters. The van der Waals surface area contributed by atoms with Crippen molar-refractivity contribution in [1.29, 1.82) is 0 Å². The lowest BCUT2D eigenvalue weighted by Gasteiger charge is -2.07. The summed E-state index contributed by atoms with van der Waals surface area (Å²) in [5, 5.41) is 5.93. The van der Waals surface area contributed by atoms with E-state index in [1.807, 2.05) is 30.5 Å². The third kappa shape index (κ3) is 3.01. The molecular weight excluding hydrogens is 352 g/mol. The fraction of sp³-hybridized carbons (Fsp3) is 0.167. The van der Waals surface area contributed by atoms with Gasteiger partial charge in [0, 0.05) is 27.4 Å². The van der Waals surface area contributed by atoms with Crippen LogP contribution in [0.3, 0.4) is 0 Å². The van der Waals surface area contributed by atoms with Gasteiger partial charge in [0.05, 0.1) is 11.4 Å². The molecule has 1 aromatic carbocycles. The van der Waals surface area contributed by atoms with Crippen LogP contribution in [0.1, 0.15) is 10.4 Å². The van der Waals surface area contributed by atoms with Gasteiger partial charge >= 0.3 is 0 Å². The van der Waals surface area contributed by atoms with E-state index in [2.05, 4.69) is 34.1 Å². The number of nitrogens with one attached hydrogen (secondary N) is 2. The van der Waals surface area contributed by atoms with E-state index < -0.39 is 0 Å².